The first-order valence-corrected chi connectivity index (χ1v) is 3.80. The molecule has 0 bridgehead atoms. The molecule has 0 saturated carbocycles. The molecule has 0 aliphatic heterocycles. The summed E-state index contributed by atoms with van der Waals surface area (Å²) in [5.74, 6) is -1.60. The second-order valence-electron chi connectivity index (χ2n) is 2.62. The van der Waals surface area contributed by atoms with E-state index in [9.17, 15) is 9.90 Å². The van der Waals surface area contributed by atoms with E-state index in [1.54, 1.807) is 6.07 Å². The highest BCUT2D eigenvalue weighted by molar-refractivity contribution is 5.91. The topological polar surface area (TPSA) is 107 Å². The highest BCUT2D eigenvalue weighted by Crippen LogP contribution is 2.24. The summed E-state index contributed by atoms with van der Waals surface area (Å²) in [6.07, 6.45) is 0. The highest BCUT2D eigenvalue weighted by atomic mass is 16.4. The molecule has 1 rings (SSSR count). The molecular formula is C9H8N2O3. The van der Waals surface area contributed by atoms with Crippen LogP contribution in [-0.4, -0.2) is 16.2 Å². The number of carboxylic acids is 1. The van der Waals surface area contributed by atoms with E-state index in [2.05, 4.69) is 0 Å². The largest absolute Gasteiger partial charge is 0.506 e. The van der Waals surface area contributed by atoms with Crippen molar-refractivity contribution in [1.82, 2.24) is 0 Å². The van der Waals surface area contributed by atoms with Crippen molar-refractivity contribution in [3.63, 3.8) is 0 Å². The normalized spacial score (nSPS) is 9.43. The number of rotatable bonds is 2. The summed E-state index contributed by atoms with van der Waals surface area (Å²) in [4.78, 5) is 10.6. The highest BCUT2D eigenvalue weighted by Gasteiger charge is 2.15. The maximum atomic E-state index is 10.6. The Morgan fingerprint density at radius 1 is 1.57 bits per heavy atom. The molecule has 0 amide bonds. The van der Waals surface area contributed by atoms with Crippen molar-refractivity contribution in [1.29, 1.82) is 5.26 Å². The van der Waals surface area contributed by atoms with E-state index in [0.29, 0.717) is 5.56 Å². The smallest absolute Gasteiger partial charge is 0.337 e. The fourth-order valence-electron chi connectivity index (χ4n) is 1.09. The van der Waals surface area contributed by atoms with Crippen LogP contribution in [0.1, 0.15) is 21.5 Å². The fraction of sp³-hybridized carbons (Fsp3) is 0.111. The molecule has 0 aliphatic rings. The third-order valence-corrected chi connectivity index (χ3v) is 1.82. The van der Waals surface area contributed by atoms with Gasteiger partial charge in [-0.3, -0.25) is 0 Å². The summed E-state index contributed by atoms with van der Waals surface area (Å²) < 4.78 is 0. The molecule has 1 aromatic rings. The summed E-state index contributed by atoms with van der Waals surface area (Å²) in [5.41, 5.74) is 5.17. The SMILES string of the molecule is N#Cc1c(C(=O)O)ccc(CN)c1O. The molecule has 1 aromatic carbocycles. The lowest BCUT2D eigenvalue weighted by Crippen LogP contribution is -2.04. The number of benzene rings is 1. The number of carbonyl (C=O) groups is 1. The van der Waals surface area contributed by atoms with Crippen molar-refractivity contribution in [3.8, 4) is 11.8 Å². The van der Waals surface area contributed by atoms with Crippen LogP contribution < -0.4 is 5.73 Å². The summed E-state index contributed by atoms with van der Waals surface area (Å²) in [6, 6.07) is 4.27. The predicted molar refractivity (Wildman–Crippen MR) is 47.7 cm³/mol. The molecule has 0 unspecified atom stereocenters. The monoisotopic (exact) mass is 192 g/mol. The Morgan fingerprint density at radius 2 is 2.21 bits per heavy atom. The Kier molecular flexibility index (Phi) is 2.70. The van der Waals surface area contributed by atoms with Gasteiger partial charge >= 0.3 is 5.97 Å². The number of phenolic OH excluding ortho intramolecular Hbond substituents is 1. The van der Waals surface area contributed by atoms with E-state index < -0.39 is 5.97 Å². The van der Waals surface area contributed by atoms with Crippen LogP contribution in [0.2, 0.25) is 0 Å². The van der Waals surface area contributed by atoms with Crippen molar-refractivity contribution >= 4 is 5.97 Å². The third-order valence-electron chi connectivity index (χ3n) is 1.82. The van der Waals surface area contributed by atoms with Crippen LogP contribution in [-0.2, 0) is 6.54 Å². The summed E-state index contributed by atoms with van der Waals surface area (Å²) in [6.45, 7) is 0.0560. The minimum Gasteiger partial charge on any atom is -0.506 e. The van der Waals surface area contributed by atoms with Gasteiger partial charge in [-0.2, -0.15) is 5.26 Å². The Labute approximate surface area is 80.0 Å². The lowest BCUT2D eigenvalue weighted by Gasteiger charge is -2.05. The van der Waals surface area contributed by atoms with Gasteiger partial charge in [-0.25, -0.2) is 4.79 Å². The third kappa shape index (κ3) is 1.51. The van der Waals surface area contributed by atoms with Crippen LogP contribution in [0, 0.1) is 11.3 Å². The molecule has 0 heterocycles. The van der Waals surface area contributed by atoms with Crippen LogP contribution >= 0.6 is 0 Å². The maximum Gasteiger partial charge on any atom is 0.337 e. The molecule has 0 radical (unpaired) electrons. The second-order valence-corrected chi connectivity index (χ2v) is 2.62. The van der Waals surface area contributed by atoms with E-state index in [-0.39, 0.29) is 23.4 Å². The molecule has 0 saturated heterocycles. The number of phenols is 1. The fourth-order valence-corrected chi connectivity index (χ4v) is 1.09. The predicted octanol–water partition coefficient (Wildman–Crippen LogP) is 0.421. The van der Waals surface area contributed by atoms with Crippen LogP contribution in [0.3, 0.4) is 0 Å². The standard InChI is InChI=1S/C9H8N2O3/c10-3-5-1-2-6(9(13)14)7(4-11)8(5)12/h1-2,12H,3,10H2,(H,13,14). The van der Waals surface area contributed by atoms with Gasteiger partial charge in [-0.05, 0) is 6.07 Å². The minimum atomic E-state index is -1.25. The molecule has 0 fully saturated rings. The molecule has 5 nitrogen and oxygen atoms in total. The van der Waals surface area contributed by atoms with Crippen LogP contribution in [0.4, 0.5) is 0 Å². The van der Waals surface area contributed by atoms with Gasteiger partial charge in [-0.1, -0.05) is 6.07 Å². The number of nitrogens with two attached hydrogens (primary N) is 1. The molecular weight excluding hydrogens is 184 g/mol. The van der Waals surface area contributed by atoms with E-state index in [1.165, 1.54) is 12.1 Å². The Hall–Kier alpha value is -2.06. The van der Waals surface area contributed by atoms with Gasteiger partial charge < -0.3 is 15.9 Å². The van der Waals surface area contributed by atoms with Crippen LogP contribution in [0.5, 0.6) is 5.75 Å². The Balaban J connectivity index is 3.45. The van der Waals surface area contributed by atoms with Gasteiger partial charge in [0.15, 0.2) is 0 Å². The van der Waals surface area contributed by atoms with Gasteiger partial charge in [0.25, 0.3) is 0 Å². The molecule has 14 heavy (non-hydrogen) atoms. The molecule has 0 aliphatic carbocycles. The molecule has 0 atom stereocenters. The van der Waals surface area contributed by atoms with Crippen molar-refractivity contribution in [2.45, 2.75) is 6.54 Å². The van der Waals surface area contributed by atoms with Crippen molar-refractivity contribution in [2.24, 2.45) is 5.73 Å². The summed E-state index contributed by atoms with van der Waals surface area (Å²) in [7, 11) is 0. The minimum absolute atomic E-state index is 0.0560. The zero-order valence-corrected chi connectivity index (χ0v) is 7.19. The van der Waals surface area contributed by atoms with Gasteiger partial charge in [0, 0.05) is 12.1 Å². The molecule has 5 heteroatoms. The van der Waals surface area contributed by atoms with Gasteiger partial charge in [0.05, 0.1) is 5.56 Å². The van der Waals surface area contributed by atoms with E-state index in [4.69, 9.17) is 16.1 Å². The summed E-state index contributed by atoms with van der Waals surface area (Å²) in [5, 5.41) is 26.8. The number of aromatic carboxylic acids is 1. The average molecular weight is 192 g/mol. The zero-order chi connectivity index (χ0) is 10.7. The Bertz CT molecular complexity index is 421. The number of aromatic hydroxyl groups is 1. The average Bonchev–Trinajstić information content (AvgIpc) is 2.17. The summed E-state index contributed by atoms with van der Waals surface area (Å²) >= 11 is 0. The first-order valence-electron chi connectivity index (χ1n) is 3.80. The van der Waals surface area contributed by atoms with E-state index in [0.717, 1.165) is 0 Å². The first-order chi connectivity index (χ1) is 6.61. The number of hydrogen-bond donors (Lipinski definition) is 3. The number of nitriles is 1. The number of carboxylic acid groups (broad SMARTS) is 1. The molecule has 0 spiro atoms. The first kappa shape index (κ1) is 10.0. The lowest BCUT2D eigenvalue weighted by molar-refractivity contribution is 0.0696. The molecule has 0 aromatic heterocycles. The molecule has 4 N–H and O–H groups in total. The second kappa shape index (κ2) is 3.77. The van der Waals surface area contributed by atoms with E-state index in [1.807, 2.05) is 0 Å². The van der Waals surface area contributed by atoms with Gasteiger partial charge in [0.2, 0.25) is 0 Å². The van der Waals surface area contributed by atoms with Gasteiger partial charge in [-0.15, -0.1) is 0 Å². The zero-order valence-electron chi connectivity index (χ0n) is 7.19. The number of hydrogen-bond acceptors (Lipinski definition) is 4. The lowest BCUT2D eigenvalue weighted by atomic mass is 10.0. The Morgan fingerprint density at radius 3 is 2.64 bits per heavy atom. The van der Waals surface area contributed by atoms with Crippen LogP contribution in [0.25, 0.3) is 0 Å². The van der Waals surface area contributed by atoms with Crippen molar-refractivity contribution in [2.75, 3.05) is 0 Å². The van der Waals surface area contributed by atoms with E-state index >= 15 is 0 Å². The number of nitrogens with zero attached hydrogens (tertiary/aromatic N) is 1. The maximum absolute atomic E-state index is 10.6. The van der Waals surface area contributed by atoms with Gasteiger partial charge in [0.1, 0.15) is 17.4 Å². The molecule has 72 valence electrons. The van der Waals surface area contributed by atoms with Crippen molar-refractivity contribution in [3.05, 3.63) is 28.8 Å². The van der Waals surface area contributed by atoms with Crippen LogP contribution in [0.15, 0.2) is 12.1 Å². The quantitative estimate of drug-likeness (QED) is 0.629. The van der Waals surface area contributed by atoms with Crippen molar-refractivity contribution < 1.29 is 15.0 Å².